The van der Waals surface area contributed by atoms with E-state index in [0.29, 0.717) is 5.69 Å². The second kappa shape index (κ2) is 6.40. The van der Waals surface area contributed by atoms with Crippen LogP contribution in [0, 0.1) is 6.92 Å². The maximum atomic E-state index is 12.4. The molecule has 124 valence electrons. The van der Waals surface area contributed by atoms with E-state index in [9.17, 15) is 4.79 Å². The summed E-state index contributed by atoms with van der Waals surface area (Å²) in [7, 11) is 0. The average molecular weight is 329 g/mol. The Morgan fingerprint density at radius 3 is 2.76 bits per heavy atom. The summed E-state index contributed by atoms with van der Waals surface area (Å²) in [6.45, 7) is 2.94. The molecule has 1 N–H and O–H groups in total. The quantitative estimate of drug-likeness (QED) is 0.777. The van der Waals surface area contributed by atoms with Crippen LogP contribution < -0.4 is 10.2 Å². The van der Waals surface area contributed by atoms with Gasteiger partial charge in [0, 0.05) is 17.9 Å². The molecule has 0 saturated carbocycles. The van der Waals surface area contributed by atoms with Gasteiger partial charge in [0.25, 0.3) is 5.91 Å². The van der Waals surface area contributed by atoms with Gasteiger partial charge in [-0.3, -0.25) is 4.79 Å². The normalized spacial score (nSPS) is 12.8. The van der Waals surface area contributed by atoms with Crippen LogP contribution >= 0.6 is 0 Å². The minimum absolute atomic E-state index is 0.195. The van der Waals surface area contributed by atoms with Gasteiger partial charge >= 0.3 is 0 Å². The van der Waals surface area contributed by atoms with Crippen LogP contribution in [0.3, 0.4) is 0 Å². The first-order valence-electron chi connectivity index (χ1n) is 8.40. The lowest BCUT2D eigenvalue weighted by molar-refractivity contribution is 0.102. The summed E-state index contributed by atoms with van der Waals surface area (Å²) in [6.07, 6.45) is 2.80. The first-order chi connectivity index (χ1) is 12.2. The number of pyridine rings is 1. The van der Waals surface area contributed by atoms with Crippen LogP contribution in [0.5, 0.6) is 0 Å². The maximum absolute atomic E-state index is 12.4. The van der Waals surface area contributed by atoms with E-state index in [0.717, 1.165) is 29.9 Å². The zero-order valence-electron chi connectivity index (χ0n) is 14.1. The Labute approximate surface area is 147 Å². The second-order valence-electron chi connectivity index (χ2n) is 6.26. The molecule has 0 fully saturated rings. The van der Waals surface area contributed by atoms with E-state index in [-0.39, 0.29) is 5.91 Å². The molecule has 1 aliphatic heterocycles. The van der Waals surface area contributed by atoms with Gasteiger partial charge < -0.3 is 10.2 Å². The monoisotopic (exact) mass is 329 g/mol. The number of nitrogens with one attached hydrogen (secondary N) is 1. The minimum atomic E-state index is -0.195. The summed E-state index contributed by atoms with van der Waals surface area (Å²) in [5.74, 6) is -0.195. The van der Waals surface area contributed by atoms with Gasteiger partial charge in [-0.1, -0.05) is 30.3 Å². The molecule has 0 bridgehead atoms. The summed E-state index contributed by atoms with van der Waals surface area (Å²) in [6, 6.07) is 19.9. The number of fused-ring (bicyclic) bond motifs is 1. The van der Waals surface area contributed by atoms with Gasteiger partial charge in [0.15, 0.2) is 0 Å². The predicted molar refractivity (Wildman–Crippen MR) is 101 cm³/mol. The molecule has 4 heteroatoms. The van der Waals surface area contributed by atoms with Crippen molar-refractivity contribution in [2.24, 2.45) is 0 Å². The van der Waals surface area contributed by atoms with E-state index in [4.69, 9.17) is 0 Å². The largest absolute Gasteiger partial charge is 0.340 e. The molecule has 1 amide bonds. The number of benzene rings is 2. The fourth-order valence-corrected chi connectivity index (χ4v) is 3.20. The summed E-state index contributed by atoms with van der Waals surface area (Å²) >= 11 is 0. The van der Waals surface area contributed by atoms with Crippen molar-refractivity contribution >= 4 is 23.0 Å². The summed E-state index contributed by atoms with van der Waals surface area (Å²) in [5.41, 5.74) is 5.89. The van der Waals surface area contributed by atoms with Crippen molar-refractivity contribution in [3.05, 3.63) is 83.7 Å². The molecule has 0 aliphatic carbocycles. The van der Waals surface area contributed by atoms with Gasteiger partial charge in [-0.25, -0.2) is 4.98 Å². The van der Waals surface area contributed by atoms with E-state index in [1.807, 2.05) is 43.3 Å². The molecular weight excluding hydrogens is 310 g/mol. The van der Waals surface area contributed by atoms with E-state index in [1.165, 1.54) is 11.3 Å². The van der Waals surface area contributed by atoms with Crippen LogP contribution in [0.25, 0.3) is 0 Å². The highest BCUT2D eigenvalue weighted by atomic mass is 16.1. The molecule has 0 spiro atoms. The highest BCUT2D eigenvalue weighted by molar-refractivity contribution is 6.03. The average Bonchev–Trinajstić information content (AvgIpc) is 3.06. The van der Waals surface area contributed by atoms with Crippen molar-refractivity contribution in [1.29, 1.82) is 0 Å². The van der Waals surface area contributed by atoms with Crippen LogP contribution in [0.15, 0.2) is 66.9 Å². The summed E-state index contributed by atoms with van der Waals surface area (Å²) in [4.78, 5) is 19.0. The van der Waals surface area contributed by atoms with Gasteiger partial charge in [0.05, 0.1) is 11.9 Å². The number of aromatic nitrogens is 1. The Bertz CT molecular complexity index is 918. The number of anilines is 3. The number of nitrogens with zero attached hydrogens (tertiary/aromatic N) is 2. The van der Waals surface area contributed by atoms with E-state index in [1.54, 1.807) is 12.3 Å². The molecule has 2 aromatic carbocycles. The van der Waals surface area contributed by atoms with Crippen LogP contribution in [0.4, 0.5) is 17.1 Å². The Morgan fingerprint density at radius 2 is 1.96 bits per heavy atom. The second-order valence-corrected chi connectivity index (χ2v) is 6.26. The lowest BCUT2D eigenvalue weighted by atomic mass is 10.2. The van der Waals surface area contributed by atoms with Crippen molar-refractivity contribution in [3.63, 3.8) is 0 Å². The van der Waals surface area contributed by atoms with Crippen molar-refractivity contribution in [2.75, 3.05) is 16.8 Å². The molecule has 2 heterocycles. The topological polar surface area (TPSA) is 45.2 Å². The third kappa shape index (κ3) is 3.11. The Morgan fingerprint density at radius 1 is 1.08 bits per heavy atom. The highest BCUT2D eigenvalue weighted by Crippen LogP contribution is 2.33. The molecule has 0 radical (unpaired) electrons. The molecule has 0 atom stereocenters. The Kier molecular flexibility index (Phi) is 3.94. The van der Waals surface area contributed by atoms with Gasteiger partial charge in [0.2, 0.25) is 0 Å². The SMILES string of the molecule is Cc1cccc(NC(=O)c2ccc(N3CCc4ccccc43)cn2)c1. The van der Waals surface area contributed by atoms with E-state index in [2.05, 4.69) is 33.4 Å². The number of hydrogen-bond acceptors (Lipinski definition) is 3. The predicted octanol–water partition coefficient (Wildman–Crippen LogP) is 4.34. The fourth-order valence-electron chi connectivity index (χ4n) is 3.20. The Hall–Kier alpha value is -3.14. The minimum Gasteiger partial charge on any atom is -0.340 e. The molecule has 3 aromatic rings. The standard InChI is InChI=1S/C21H19N3O/c1-15-5-4-7-17(13-15)23-21(25)19-10-9-18(14-22-19)24-12-11-16-6-2-3-8-20(16)24/h2-10,13-14H,11-12H2,1H3,(H,23,25). The smallest absolute Gasteiger partial charge is 0.274 e. The highest BCUT2D eigenvalue weighted by Gasteiger charge is 2.20. The molecule has 4 nitrogen and oxygen atoms in total. The molecule has 0 saturated heterocycles. The molecular formula is C21H19N3O. The van der Waals surface area contributed by atoms with Crippen LogP contribution in [0.2, 0.25) is 0 Å². The van der Waals surface area contributed by atoms with Gasteiger partial charge in [-0.15, -0.1) is 0 Å². The van der Waals surface area contributed by atoms with Crippen molar-refractivity contribution in [3.8, 4) is 0 Å². The first-order valence-corrected chi connectivity index (χ1v) is 8.40. The fraction of sp³-hybridized carbons (Fsp3) is 0.143. The maximum Gasteiger partial charge on any atom is 0.274 e. The molecule has 4 rings (SSSR count). The van der Waals surface area contributed by atoms with E-state index >= 15 is 0 Å². The molecule has 25 heavy (non-hydrogen) atoms. The summed E-state index contributed by atoms with van der Waals surface area (Å²) < 4.78 is 0. The lowest BCUT2D eigenvalue weighted by Gasteiger charge is -2.19. The van der Waals surface area contributed by atoms with Crippen LogP contribution in [-0.4, -0.2) is 17.4 Å². The molecule has 0 unspecified atom stereocenters. The number of aryl methyl sites for hydroxylation is 1. The number of amides is 1. The number of carbonyl (C=O) groups excluding carboxylic acids is 1. The zero-order chi connectivity index (χ0) is 17.2. The van der Waals surface area contributed by atoms with Crippen LogP contribution in [0.1, 0.15) is 21.6 Å². The first kappa shape index (κ1) is 15.4. The van der Waals surface area contributed by atoms with Crippen molar-refractivity contribution < 1.29 is 4.79 Å². The van der Waals surface area contributed by atoms with Crippen molar-refractivity contribution in [2.45, 2.75) is 13.3 Å². The van der Waals surface area contributed by atoms with Gasteiger partial charge in [0.1, 0.15) is 5.69 Å². The molecule has 1 aliphatic rings. The number of para-hydroxylation sites is 1. The van der Waals surface area contributed by atoms with Crippen LogP contribution in [-0.2, 0) is 6.42 Å². The molecule has 1 aromatic heterocycles. The third-order valence-electron chi connectivity index (χ3n) is 4.46. The number of hydrogen-bond donors (Lipinski definition) is 1. The lowest BCUT2D eigenvalue weighted by Crippen LogP contribution is -2.16. The Balaban J connectivity index is 1.52. The van der Waals surface area contributed by atoms with Gasteiger partial charge in [-0.05, 0) is 54.8 Å². The van der Waals surface area contributed by atoms with Crippen molar-refractivity contribution in [1.82, 2.24) is 4.98 Å². The number of carbonyl (C=O) groups is 1. The third-order valence-corrected chi connectivity index (χ3v) is 4.46. The van der Waals surface area contributed by atoms with E-state index < -0.39 is 0 Å². The zero-order valence-corrected chi connectivity index (χ0v) is 14.1. The van der Waals surface area contributed by atoms with Gasteiger partial charge in [-0.2, -0.15) is 0 Å². The number of rotatable bonds is 3. The summed E-state index contributed by atoms with van der Waals surface area (Å²) in [5, 5.41) is 2.89.